The average Bonchev–Trinajstić information content (AvgIpc) is 2.19. The lowest BCUT2D eigenvalue weighted by Gasteiger charge is -2.08. The van der Waals surface area contributed by atoms with Gasteiger partial charge in [0.05, 0.1) is 0 Å². The quantitative estimate of drug-likeness (QED) is 0.429. The molecular weight excluding hydrogens is 116 g/mol. The molecule has 0 aromatic heterocycles. The summed E-state index contributed by atoms with van der Waals surface area (Å²) in [5.74, 6) is 4.35. The summed E-state index contributed by atoms with van der Waals surface area (Å²) >= 11 is 0. The van der Waals surface area contributed by atoms with E-state index in [2.05, 4.69) is 12.7 Å². The SMILES string of the molecule is C=CC[SH]1CCCC1. The van der Waals surface area contributed by atoms with Gasteiger partial charge in [-0.2, -0.15) is 0 Å². The largest absolute Gasteiger partial charge is 0.250 e. The van der Waals surface area contributed by atoms with E-state index in [0.29, 0.717) is 10.9 Å². The molecule has 1 heterocycles. The lowest BCUT2D eigenvalue weighted by atomic mass is 10.4. The fourth-order valence-corrected chi connectivity index (χ4v) is 3.44. The molecule has 1 saturated heterocycles. The second-order valence-electron chi connectivity index (χ2n) is 2.30. The highest BCUT2D eigenvalue weighted by molar-refractivity contribution is 8.17. The Labute approximate surface area is 54.3 Å². The number of thiol groups is 1. The third-order valence-electron chi connectivity index (χ3n) is 1.59. The molecule has 1 fully saturated rings. The molecule has 0 aliphatic carbocycles. The van der Waals surface area contributed by atoms with Crippen LogP contribution in [0.5, 0.6) is 0 Å². The van der Waals surface area contributed by atoms with Crippen molar-refractivity contribution in [2.24, 2.45) is 0 Å². The van der Waals surface area contributed by atoms with E-state index in [-0.39, 0.29) is 0 Å². The first-order valence-electron chi connectivity index (χ1n) is 3.27. The summed E-state index contributed by atoms with van der Waals surface area (Å²) in [4.78, 5) is 0. The standard InChI is InChI=1S/C7H14S/c1-2-5-8-6-3-4-7-8/h2,8H,1,3-7H2. The van der Waals surface area contributed by atoms with Crippen LogP contribution in [0.3, 0.4) is 0 Å². The number of hydrogen-bond donors (Lipinski definition) is 1. The number of rotatable bonds is 2. The predicted octanol–water partition coefficient (Wildman–Crippen LogP) is 1.97. The molecule has 0 unspecified atom stereocenters. The molecule has 8 heavy (non-hydrogen) atoms. The van der Waals surface area contributed by atoms with Crippen LogP contribution in [-0.2, 0) is 0 Å². The van der Waals surface area contributed by atoms with Crippen molar-refractivity contribution in [3.05, 3.63) is 12.7 Å². The smallest absolute Gasteiger partial charge is 0.00739 e. The van der Waals surface area contributed by atoms with Gasteiger partial charge in [0.25, 0.3) is 0 Å². The second-order valence-corrected chi connectivity index (χ2v) is 4.90. The Bertz CT molecular complexity index is 72.5. The highest BCUT2D eigenvalue weighted by Crippen LogP contribution is 2.33. The molecular formula is C7H14S. The van der Waals surface area contributed by atoms with Crippen LogP contribution in [0.2, 0.25) is 0 Å². The zero-order chi connectivity index (χ0) is 5.82. The monoisotopic (exact) mass is 130 g/mol. The molecule has 1 aliphatic rings. The van der Waals surface area contributed by atoms with E-state index in [4.69, 9.17) is 0 Å². The maximum absolute atomic E-state index is 3.74. The summed E-state index contributed by atoms with van der Waals surface area (Å²) in [7, 11) is 0.437. The maximum atomic E-state index is 3.74. The molecule has 0 nitrogen and oxygen atoms in total. The third-order valence-corrected chi connectivity index (χ3v) is 4.26. The van der Waals surface area contributed by atoms with E-state index in [0.717, 1.165) is 0 Å². The molecule has 0 amide bonds. The Balaban J connectivity index is 2.14. The summed E-state index contributed by atoms with van der Waals surface area (Å²) < 4.78 is 0. The van der Waals surface area contributed by atoms with Gasteiger partial charge in [0.2, 0.25) is 0 Å². The van der Waals surface area contributed by atoms with Gasteiger partial charge in [-0.05, 0) is 30.1 Å². The van der Waals surface area contributed by atoms with Crippen molar-refractivity contribution in [1.82, 2.24) is 0 Å². The van der Waals surface area contributed by atoms with Crippen molar-refractivity contribution in [3.63, 3.8) is 0 Å². The molecule has 0 bridgehead atoms. The van der Waals surface area contributed by atoms with Crippen molar-refractivity contribution in [1.29, 1.82) is 0 Å². The number of hydrogen-bond acceptors (Lipinski definition) is 0. The molecule has 1 heteroatoms. The minimum absolute atomic E-state index is 0.437. The highest BCUT2D eigenvalue weighted by atomic mass is 32.2. The van der Waals surface area contributed by atoms with Gasteiger partial charge in [-0.1, -0.05) is 6.08 Å². The molecule has 0 aromatic rings. The van der Waals surface area contributed by atoms with Crippen molar-refractivity contribution < 1.29 is 0 Å². The van der Waals surface area contributed by atoms with Crippen molar-refractivity contribution in [2.75, 3.05) is 17.3 Å². The van der Waals surface area contributed by atoms with Crippen LogP contribution >= 0.6 is 10.9 Å². The Morgan fingerprint density at radius 1 is 1.38 bits per heavy atom. The second kappa shape index (κ2) is 3.18. The molecule has 0 saturated carbocycles. The molecule has 1 aliphatic heterocycles. The van der Waals surface area contributed by atoms with E-state index in [9.17, 15) is 0 Å². The minimum atomic E-state index is 0.437. The van der Waals surface area contributed by atoms with Crippen LogP contribution in [0.1, 0.15) is 12.8 Å². The Hall–Kier alpha value is 0.0900. The summed E-state index contributed by atoms with van der Waals surface area (Å²) in [6.07, 6.45) is 5.05. The summed E-state index contributed by atoms with van der Waals surface area (Å²) in [5.41, 5.74) is 0. The fourth-order valence-electron chi connectivity index (χ4n) is 1.15. The first-order chi connectivity index (χ1) is 3.93. The van der Waals surface area contributed by atoms with E-state index in [1.807, 2.05) is 0 Å². The fraction of sp³-hybridized carbons (Fsp3) is 0.714. The Morgan fingerprint density at radius 3 is 2.50 bits per heavy atom. The molecule has 0 N–H and O–H groups in total. The average molecular weight is 130 g/mol. The van der Waals surface area contributed by atoms with Gasteiger partial charge in [0.15, 0.2) is 0 Å². The van der Waals surface area contributed by atoms with Crippen LogP contribution in [0.25, 0.3) is 0 Å². The Kier molecular flexibility index (Phi) is 2.47. The van der Waals surface area contributed by atoms with Gasteiger partial charge in [-0.25, -0.2) is 0 Å². The predicted molar refractivity (Wildman–Crippen MR) is 43.0 cm³/mol. The lowest BCUT2D eigenvalue weighted by molar-refractivity contribution is 0.949. The lowest BCUT2D eigenvalue weighted by Crippen LogP contribution is -1.84. The van der Waals surface area contributed by atoms with Crippen LogP contribution in [0.15, 0.2) is 12.7 Å². The Morgan fingerprint density at radius 2 is 2.00 bits per heavy atom. The summed E-state index contributed by atoms with van der Waals surface area (Å²) in [6, 6.07) is 0. The van der Waals surface area contributed by atoms with Gasteiger partial charge in [-0.15, -0.1) is 6.58 Å². The van der Waals surface area contributed by atoms with Crippen LogP contribution in [-0.4, -0.2) is 17.3 Å². The van der Waals surface area contributed by atoms with Gasteiger partial charge in [0, 0.05) is 0 Å². The third kappa shape index (κ3) is 1.55. The zero-order valence-corrected chi connectivity index (χ0v) is 6.16. The highest BCUT2D eigenvalue weighted by Gasteiger charge is 2.07. The molecule has 0 spiro atoms. The molecule has 48 valence electrons. The van der Waals surface area contributed by atoms with Crippen LogP contribution < -0.4 is 0 Å². The van der Waals surface area contributed by atoms with E-state index >= 15 is 0 Å². The van der Waals surface area contributed by atoms with E-state index in [1.54, 1.807) is 0 Å². The molecule has 0 radical (unpaired) electrons. The minimum Gasteiger partial charge on any atom is -0.250 e. The first-order valence-corrected chi connectivity index (χ1v) is 5.16. The first kappa shape index (κ1) is 6.21. The zero-order valence-electron chi connectivity index (χ0n) is 5.27. The van der Waals surface area contributed by atoms with Gasteiger partial charge >= 0.3 is 0 Å². The molecule has 0 aromatic carbocycles. The maximum Gasteiger partial charge on any atom is -0.00739 e. The van der Waals surface area contributed by atoms with Crippen LogP contribution in [0.4, 0.5) is 0 Å². The molecule has 0 atom stereocenters. The molecule has 1 rings (SSSR count). The topological polar surface area (TPSA) is 0 Å². The van der Waals surface area contributed by atoms with E-state index < -0.39 is 0 Å². The van der Waals surface area contributed by atoms with Gasteiger partial charge < -0.3 is 0 Å². The van der Waals surface area contributed by atoms with Gasteiger partial charge in [-0.3, -0.25) is 10.9 Å². The van der Waals surface area contributed by atoms with Crippen molar-refractivity contribution >= 4 is 10.9 Å². The van der Waals surface area contributed by atoms with Crippen LogP contribution in [0, 0.1) is 0 Å². The summed E-state index contributed by atoms with van der Waals surface area (Å²) in [5, 5.41) is 0. The normalized spacial score (nSPS) is 23.8. The van der Waals surface area contributed by atoms with Gasteiger partial charge in [0.1, 0.15) is 0 Å². The van der Waals surface area contributed by atoms with Crippen molar-refractivity contribution in [2.45, 2.75) is 12.8 Å². The van der Waals surface area contributed by atoms with E-state index in [1.165, 1.54) is 30.1 Å². The van der Waals surface area contributed by atoms with Crippen molar-refractivity contribution in [3.8, 4) is 0 Å². The summed E-state index contributed by atoms with van der Waals surface area (Å²) in [6.45, 7) is 3.74.